The molecule has 0 heterocycles. The summed E-state index contributed by atoms with van der Waals surface area (Å²) in [5, 5.41) is 5.60. The largest absolute Gasteiger partial charge is 0.497 e. The number of carbonyl (C=O) groups excluding carboxylic acids is 1. The third kappa shape index (κ3) is 3.29. The molecule has 0 atom stereocenters. The van der Waals surface area contributed by atoms with Gasteiger partial charge in [0.1, 0.15) is 11.5 Å². The molecule has 1 aliphatic rings. The maximum Gasteiger partial charge on any atom is 0.319 e. The lowest BCUT2D eigenvalue weighted by atomic mass is 10.2. The first kappa shape index (κ1) is 12.5. The number of carbonyl (C=O) groups is 1. The highest BCUT2D eigenvalue weighted by Crippen LogP contribution is 2.29. The first-order valence-corrected chi connectivity index (χ1v) is 6.00. The van der Waals surface area contributed by atoms with Gasteiger partial charge in [-0.05, 0) is 30.9 Å². The van der Waals surface area contributed by atoms with E-state index in [-0.39, 0.29) is 6.03 Å². The molecule has 1 fully saturated rings. The van der Waals surface area contributed by atoms with Crippen LogP contribution < -0.4 is 20.1 Å². The van der Waals surface area contributed by atoms with E-state index in [0.717, 1.165) is 6.54 Å². The van der Waals surface area contributed by atoms with Gasteiger partial charge in [0.15, 0.2) is 0 Å². The minimum atomic E-state index is -0.214. The lowest BCUT2D eigenvalue weighted by Gasteiger charge is -2.12. The number of ether oxygens (including phenoxy) is 2. The SMILES string of the molecule is COc1ccc(OC)c(NC(=O)NCC2CC2)c1. The van der Waals surface area contributed by atoms with Gasteiger partial charge in [0.05, 0.1) is 19.9 Å². The summed E-state index contributed by atoms with van der Waals surface area (Å²) in [6.07, 6.45) is 2.42. The molecule has 1 aromatic carbocycles. The molecule has 1 aromatic rings. The van der Waals surface area contributed by atoms with Crippen molar-refractivity contribution in [3.63, 3.8) is 0 Å². The number of amides is 2. The van der Waals surface area contributed by atoms with Gasteiger partial charge in [0, 0.05) is 12.6 Å². The Bertz CT molecular complexity index is 430. The van der Waals surface area contributed by atoms with Gasteiger partial charge in [-0.1, -0.05) is 0 Å². The van der Waals surface area contributed by atoms with E-state index in [1.54, 1.807) is 32.4 Å². The number of anilines is 1. The summed E-state index contributed by atoms with van der Waals surface area (Å²) >= 11 is 0. The molecule has 1 saturated carbocycles. The molecule has 0 spiro atoms. The second-order valence-electron chi connectivity index (χ2n) is 4.34. The summed E-state index contributed by atoms with van der Waals surface area (Å²) < 4.78 is 10.3. The van der Waals surface area contributed by atoms with Crippen LogP contribution in [0.15, 0.2) is 18.2 Å². The molecule has 1 aliphatic carbocycles. The molecule has 18 heavy (non-hydrogen) atoms. The van der Waals surface area contributed by atoms with Crippen LogP contribution in [0.4, 0.5) is 10.5 Å². The molecule has 2 rings (SSSR count). The van der Waals surface area contributed by atoms with Crippen molar-refractivity contribution in [3.8, 4) is 11.5 Å². The Kier molecular flexibility index (Phi) is 3.92. The number of rotatable bonds is 5. The van der Waals surface area contributed by atoms with Crippen LogP contribution in [0.25, 0.3) is 0 Å². The fourth-order valence-electron chi connectivity index (χ4n) is 1.64. The van der Waals surface area contributed by atoms with E-state index in [0.29, 0.717) is 23.1 Å². The van der Waals surface area contributed by atoms with Crippen LogP contribution in [0.1, 0.15) is 12.8 Å². The standard InChI is InChI=1S/C13H18N2O3/c1-17-10-5-6-12(18-2)11(7-10)15-13(16)14-8-9-3-4-9/h5-7,9H,3-4,8H2,1-2H3,(H2,14,15,16). The molecular weight excluding hydrogens is 232 g/mol. The molecule has 0 aliphatic heterocycles. The van der Waals surface area contributed by atoms with Crippen molar-refractivity contribution in [2.45, 2.75) is 12.8 Å². The van der Waals surface area contributed by atoms with Gasteiger partial charge in [-0.3, -0.25) is 0 Å². The van der Waals surface area contributed by atoms with Crippen molar-refractivity contribution in [1.82, 2.24) is 5.32 Å². The maximum atomic E-state index is 11.7. The highest BCUT2D eigenvalue weighted by molar-refractivity contribution is 5.91. The van der Waals surface area contributed by atoms with Gasteiger partial charge in [0.2, 0.25) is 0 Å². The molecular formula is C13H18N2O3. The summed E-state index contributed by atoms with van der Waals surface area (Å²) in [6, 6.07) is 5.06. The van der Waals surface area contributed by atoms with Crippen LogP contribution in [-0.4, -0.2) is 26.8 Å². The summed E-state index contributed by atoms with van der Waals surface area (Å²) in [5.41, 5.74) is 0.602. The Morgan fingerprint density at radius 1 is 1.33 bits per heavy atom. The van der Waals surface area contributed by atoms with Crippen molar-refractivity contribution in [3.05, 3.63) is 18.2 Å². The third-order valence-electron chi connectivity index (χ3n) is 2.90. The number of benzene rings is 1. The van der Waals surface area contributed by atoms with Crippen LogP contribution >= 0.6 is 0 Å². The quantitative estimate of drug-likeness (QED) is 0.842. The number of urea groups is 1. The van der Waals surface area contributed by atoms with Crippen LogP contribution in [0, 0.1) is 5.92 Å². The van der Waals surface area contributed by atoms with Gasteiger partial charge in [-0.25, -0.2) is 4.79 Å². The number of hydrogen-bond acceptors (Lipinski definition) is 3. The Hall–Kier alpha value is -1.91. The fourth-order valence-corrected chi connectivity index (χ4v) is 1.64. The smallest absolute Gasteiger partial charge is 0.319 e. The molecule has 0 saturated heterocycles. The Labute approximate surface area is 106 Å². The Morgan fingerprint density at radius 2 is 2.11 bits per heavy atom. The van der Waals surface area contributed by atoms with Gasteiger partial charge in [-0.2, -0.15) is 0 Å². The van der Waals surface area contributed by atoms with Crippen molar-refractivity contribution < 1.29 is 14.3 Å². The summed E-state index contributed by atoms with van der Waals surface area (Å²) in [5.74, 6) is 1.94. The highest BCUT2D eigenvalue weighted by Gasteiger charge is 2.21. The summed E-state index contributed by atoms with van der Waals surface area (Å²) in [6.45, 7) is 0.734. The second-order valence-corrected chi connectivity index (χ2v) is 4.34. The van der Waals surface area contributed by atoms with Crippen LogP contribution in [-0.2, 0) is 0 Å². The average Bonchev–Trinajstić information content (AvgIpc) is 3.20. The molecule has 2 N–H and O–H groups in total. The Morgan fingerprint density at radius 3 is 2.72 bits per heavy atom. The summed E-state index contributed by atoms with van der Waals surface area (Å²) in [7, 11) is 3.15. The summed E-state index contributed by atoms with van der Waals surface area (Å²) in [4.78, 5) is 11.7. The normalized spacial score (nSPS) is 13.9. The molecule has 5 nitrogen and oxygen atoms in total. The van der Waals surface area contributed by atoms with Gasteiger partial charge in [0.25, 0.3) is 0 Å². The maximum absolute atomic E-state index is 11.7. The van der Waals surface area contributed by atoms with E-state index in [4.69, 9.17) is 9.47 Å². The first-order valence-electron chi connectivity index (χ1n) is 6.00. The highest BCUT2D eigenvalue weighted by atomic mass is 16.5. The van der Waals surface area contributed by atoms with Crippen LogP contribution in [0.3, 0.4) is 0 Å². The lowest BCUT2D eigenvalue weighted by Crippen LogP contribution is -2.30. The first-order chi connectivity index (χ1) is 8.72. The average molecular weight is 250 g/mol. The lowest BCUT2D eigenvalue weighted by molar-refractivity contribution is 0.251. The minimum Gasteiger partial charge on any atom is -0.497 e. The molecule has 0 aromatic heterocycles. The van der Waals surface area contributed by atoms with Gasteiger partial charge < -0.3 is 20.1 Å². The molecule has 0 bridgehead atoms. The Balaban J connectivity index is 1.98. The zero-order valence-corrected chi connectivity index (χ0v) is 10.7. The van der Waals surface area contributed by atoms with Crippen LogP contribution in [0.2, 0.25) is 0 Å². The molecule has 2 amide bonds. The predicted molar refractivity (Wildman–Crippen MR) is 69.3 cm³/mol. The van der Waals surface area contributed by atoms with E-state index in [2.05, 4.69) is 10.6 Å². The van der Waals surface area contributed by atoms with Gasteiger partial charge in [-0.15, -0.1) is 0 Å². The van der Waals surface area contributed by atoms with E-state index in [9.17, 15) is 4.79 Å². The van der Waals surface area contributed by atoms with Crippen molar-refractivity contribution >= 4 is 11.7 Å². The van der Waals surface area contributed by atoms with E-state index in [1.807, 2.05) is 0 Å². The third-order valence-corrected chi connectivity index (χ3v) is 2.90. The van der Waals surface area contributed by atoms with Crippen molar-refractivity contribution in [2.24, 2.45) is 5.92 Å². The van der Waals surface area contributed by atoms with Crippen LogP contribution in [0.5, 0.6) is 11.5 Å². The molecule has 0 unspecified atom stereocenters. The van der Waals surface area contributed by atoms with Crippen molar-refractivity contribution in [2.75, 3.05) is 26.1 Å². The minimum absolute atomic E-state index is 0.214. The monoisotopic (exact) mass is 250 g/mol. The molecule has 0 radical (unpaired) electrons. The van der Waals surface area contributed by atoms with E-state index < -0.39 is 0 Å². The van der Waals surface area contributed by atoms with E-state index in [1.165, 1.54) is 12.8 Å². The molecule has 98 valence electrons. The topological polar surface area (TPSA) is 59.6 Å². The number of methoxy groups -OCH3 is 2. The number of nitrogens with one attached hydrogen (secondary N) is 2. The van der Waals surface area contributed by atoms with E-state index >= 15 is 0 Å². The number of hydrogen-bond donors (Lipinski definition) is 2. The second kappa shape index (κ2) is 5.62. The zero-order valence-electron chi connectivity index (χ0n) is 10.7. The predicted octanol–water partition coefficient (Wildman–Crippen LogP) is 2.24. The zero-order chi connectivity index (χ0) is 13.0. The van der Waals surface area contributed by atoms with Gasteiger partial charge >= 0.3 is 6.03 Å². The fraction of sp³-hybridized carbons (Fsp3) is 0.462. The van der Waals surface area contributed by atoms with Crippen molar-refractivity contribution in [1.29, 1.82) is 0 Å². The molecule has 5 heteroatoms.